The molecule has 2 N–H and O–H groups in total. The Balaban J connectivity index is 0.00000408. The van der Waals surface area contributed by atoms with Gasteiger partial charge in [-0.1, -0.05) is 29.8 Å². The number of carboxylic acid groups (broad SMARTS) is 1. The second-order valence-electron chi connectivity index (χ2n) is 6.63. The quantitative estimate of drug-likeness (QED) is 0.315. The minimum absolute atomic E-state index is 0. The van der Waals surface area contributed by atoms with E-state index in [4.69, 9.17) is 17.0 Å². The molecule has 0 saturated heterocycles. The van der Waals surface area contributed by atoms with Crippen LogP contribution in [0, 0.1) is 17.0 Å². The average Bonchev–Trinajstić information content (AvgIpc) is 2.72. The Morgan fingerprint density at radius 1 is 0.941 bits per heavy atom. The van der Waals surface area contributed by atoms with Gasteiger partial charge in [-0.15, -0.1) is 0 Å². The average molecular weight is 505 g/mol. The number of carbonyl (C=O) groups is 2. The maximum absolute atomic E-state index is 14.6. The Bertz CT molecular complexity index is 1300. The molecule has 0 radical (unpaired) electrons. The van der Waals surface area contributed by atoms with E-state index in [1.807, 2.05) is 0 Å². The van der Waals surface area contributed by atoms with Crippen LogP contribution in [-0.4, -0.2) is 17.6 Å². The van der Waals surface area contributed by atoms with Crippen LogP contribution in [0.15, 0.2) is 54.6 Å². The number of rotatable bonds is 5. The van der Waals surface area contributed by atoms with Crippen LogP contribution >= 0.6 is 11.6 Å². The van der Waals surface area contributed by atoms with Gasteiger partial charge in [0, 0.05) is 11.1 Å². The molecule has 0 heterocycles. The van der Waals surface area contributed by atoms with Crippen molar-refractivity contribution in [2.24, 2.45) is 0 Å². The van der Waals surface area contributed by atoms with E-state index in [2.05, 4.69) is 5.32 Å². The molecule has 0 aliphatic rings. The number of halogens is 6. The van der Waals surface area contributed by atoms with Crippen molar-refractivity contribution in [1.29, 1.82) is 5.41 Å². The number of hydrogen-bond acceptors (Lipinski definition) is 4. The molecule has 12 heteroatoms. The molecule has 1 amide bonds. The molecule has 0 atom stereocenters. The molecular formula is C22H11ClF5N2NaO3. The van der Waals surface area contributed by atoms with E-state index in [1.54, 1.807) is 0 Å². The van der Waals surface area contributed by atoms with Crippen LogP contribution in [0.3, 0.4) is 0 Å². The van der Waals surface area contributed by atoms with Crippen LogP contribution in [0.1, 0.15) is 37.4 Å². The first-order valence-corrected chi connectivity index (χ1v) is 9.35. The SMILES string of the molecule is N=C(c1ccc(C(=O)[O-])cc1F)c1c(F)cccc1NC(=O)c1c(Cl)cccc1C(F)(F)F.[Na+]. The van der Waals surface area contributed by atoms with E-state index < -0.39 is 73.9 Å². The van der Waals surface area contributed by atoms with Gasteiger partial charge in [0.1, 0.15) is 11.6 Å². The minimum atomic E-state index is -4.92. The molecule has 170 valence electrons. The van der Waals surface area contributed by atoms with Crippen molar-refractivity contribution in [1.82, 2.24) is 0 Å². The van der Waals surface area contributed by atoms with Gasteiger partial charge in [0.25, 0.3) is 5.91 Å². The minimum Gasteiger partial charge on any atom is -0.545 e. The molecule has 0 bridgehead atoms. The van der Waals surface area contributed by atoms with Crippen molar-refractivity contribution in [2.75, 3.05) is 5.32 Å². The summed E-state index contributed by atoms with van der Waals surface area (Å²) in [5.41, 5.74) is -5.14. The number of amides is 1. The van der Waals surface area contributed by atoms with Gasteiger partial charge >= 0.3 is 35.7 Å². The first kappa shape index (κ1) is 27.5. The van der Waals surface area contributed by atoms with Gasteiger partial charge in [0.2, 0.25) is 0 Å². The third-order valence-electron chi connectivity index (χ3n) is 4.53. The second-order valence-corrected chi connectivity index (χ2v) is 7.04. The number of alkyl halides is 3. The Labute approximate surface area is 216 Å². The molecular weight excluding hydrogens is 494 g/mol. The molecule has 0 spiro atoms. The molecule has 3 rings (SSSR count). The van der Waals surface area contributed by atoms with Gasteiger partial charge in [-0.05, 0) is 36.4 Å². The predicted molar refractivity (Wildman–Crippen MR) is 107 cm³/mol. The predicted octanol–water partition coefficient (Wildman–Crippen LogP) is 1.67. The zero-order chi connectivity index (χ0) is 24.5. The van der Waals surface area contributed by atoms with Crippen LogP contribution in [0.5, 0.6) is 0 Å². The molecule has 0 aliphatic heterocycles. The van der Waals surface area contributed by atoms with Crippen LogP contribution in [-0.2, 0) is 6.18 Å². The fourth-order valence-corrected chi connectivity index (χ4v) is 3.30. The summed E-state index contributed by atoms with van der Waals surface area (Å²) in [7, 11) is 0. The Hall–Kier alpha value is -2.79. The number of carbonyl (C=O) groups excluding carboxylic acids is 2. The zero-order valence-electron chi connectivity index (χ0n) is 17.2. The summed E-state index contributed by atoms with van der Waals surface area (Å²) < 4.78 is 69.0. The fraction of sp³-hybridized carbons (Fsp3) is 0.0455. The van der Waals surface area contributed by atoms with E-state index in [9.17, 15) is 36.6 Å². The standard InChI is InChI=1S/C22H12ClF5N2O3.Na/c23-13-4-1-3-12(22(26,27)28)17(13)20(31)30-16-6-2-5-14(24)18(16)19(29)11-8-7-10(21(32)33)9-15(11)25;/h1-9,29H,(H,30,31)(H,32,33);/q;+1/p-1. The van der Waals surface area contributed by atoms with Gasteiger partial charge in [-0.3, -0.25) is 10.2 Å². The van der Waals surface area contributed by atoms with Crippen molar-refractivity contribution in [3.63, 3.8) is 0 Å². The second kappa shape index (κ2) is 10.6. The molecule has 0 aromatic heterocycles. The summed E-state index contributed by atoms with van der Waals surface area (Å²) in [5, 5.41) is 20.6. The number of anilines is 1. The zero-order valence-corrected chi connectivity index (χ0v) is 19.9. The number of benzene rings is 3. The van der Waals surface area contributed by atoms with Gasteiger partial charge in [-0.25, -0.2) is 8.78 Å². The molecule has 5 nitrogen and oxygen atoms in total. The van der Waals surface area contributed by atoms with E-state index in [0.717, 1.165) is 42.5 Å². The molecule has 0 aliphatic carbocycles. The summed E-state index contributed by atoms with van der Waals surface area (Å²) in [6, 6.07) is 8.22. The third-order valence-corrected chi connectivity index (χ3v) is 4.85. The summed E-state index contributed by atoms with van der Waals surface area (Å²) in [5.74, 6) is -5.28. The normalized spacial score (nSPS) is 10.9. The number of aromatic carboxylic acids is 1. The van der Waals surface area contributed by atoms with E-state index in [1.165, 1.54) is 0 Å². The Kier molecular flexibility index (Phi) is 8.59. The van der Waals surface area contributed by atoms with Gasteiger partial charge in [0.15, 0.2) is 0 Å². The summed E-state index contributed by atoms with van der Waals surface area (Å²) in [6.45, 7) is 0. The maximum atomic E-state index is 14.6. The molecule has 0 unspecified atom stereocenters. The van der Waals surface area contributed by atoms with Gasteiger partial charge < -0.3 is 15.2 Å². The number of carboxylic acids is 1. The Morgan fingerprint density at radius 3 is 2.18 bits per heavy atom. The van der Waals surface area contributed by atoms with Crippen molar-refractivity contribution in [3.8, 4) is 0 Å². The van der Waals surface area contributed by atoms with Crippen LogP contribution in [0.4, 0.5) is 27.6 Å². The van der Waals surface area contributed by atoms with Gasteiger partial charge in [-0.2, -0.15) is 13.2 Å². The summed E-state index contributed by atoms with van der Waals surface area (Å²) in [6.07, 6.45) is -4.92. The summed E-state index contributed by atoms with van der Waals surface area (Å²) in [4.78, 5) is 23.5. The first-order valence-electron chi connectivity index (χ1n) is 8.97. The van der Waals surface area contributed by atoms with Crippen LogP contribution < -0.4 is 40.0 Å². The molecule has 3 aromatic rings. The third kappa shape index (κ3) is 5.64. The van der Waals surface area contributed by atoms with Crippen molar-refractivity contribution in [2.45, 2.75) is 6.18 Å². The molecule has 0 saturated carbocycles. The molecule has 0 fully saturated rings. The summed E-state index contributed by atoms with van der Waals surface area (Å²) >= 11 is 5.81. The topological polar surface area (TPSA) is 93.1 Å². The smallest absolute Gasteiger partial charge is 0.545 e. The van der Waals surface area contributed by atoms with Crippen molar-refractivity contribution < 1.29 is 66.2 Å². The monoisotopic (exact) mass is 504 g/mol. The molecule has 34 heavy (non-hydrogen) atoms. The van der Waals surface area contributed by atoms with E-state index in [0.29, 0.717) is 12.1 Å². The molecule has 3 aromatic carbocycles. The van der Waals surface area contributed by atoms with E-state index >= 15 is 0 Å². The van der Waals surface area contributed by atoms with Gasteiger partial charge in [0.05, 0.1) is 39.1 Å². The fourth-order valence-electron chi connectivity index (χ4n) is 3.04. The van der Waals surface area contributed by atoms with Crippen LogP contribution in [0.2, 0.25) is 5.02 Å². The largest absolute Gasteiger partial charge is 1.00 e. The van der Waals surface area contributed by atoms with Crippen molar-refractivity contribution in [3.05, 3.63) is 99.1 Å². The number of hydrogen-bond donors (Lipinski definition) is 2. The first-order chi connectivity index (χ1) is 15.4. The maximum Gasteiger partial charge on any atom is 1.00 e. The van der Waals surface area contributed by atoms with Crippen molar-refractivity contribution >= 4 is 34.9 Å². The van der Waals surface area contributed by atoms with Crippen LogP contribution in [0.25, 0.3) is 0 Å². The van der Waals surface area contributed by atoms with E-state index in [-0.39, 0.29) is 29.6 Å². The number of nitrogens with one attached hydrogen (secondary N) is 2. The Morgan fingerprint density at radius 2 is 1.59 bits per heavy atom.